The average molecular weight is 396 g/mol. The summed E-state index contributed by atoms with van der Waals surface area (Å²) in [6.07, 6.45) is -3.33. The summed E-state index contributed by atoms with van der Waals surface area (Å²) in [6.45, 7) is 3.08. The number of rotatable bonds is 4. The Kier molecular flexibility index (Phi) is 4.61. The number of hydrogen-bond acceptors (Lipinski definition) is 6. The molecule has 0 bridgehead atoms. The molecule has 0 unspecified atom stereocenters. The van der Waals surface area contributed by atoms with E-state index in [-0.39, 0.29) is 17.6 Å². The van der Waals surface area contributed by atoms with Crippen LogP contribution in [-0.2, 0) is 11.0 Å². The summed E-state index contributed by atoms with van der Waals surface area (Å²) in [6, 6.07) is 3.34. The zero-order valence-corrected chi connectivity index (χ0v) is 15.0. The number of benzene rings is 1. The number of aromatic nitrogens is 2. The van der Waals surface area contributed by atoms with Gasteiger partial charge in [-0.05, 0) is 26.0 Å². The molecule has 0 spiro atoms. The Bertz CT molecular complexity index is 946. The molecule has 1 aliphatic heterocycles. The number of ether oxygens (including phenoxy) is 2. The topological polar surface area (TPSA) is 93.7 Å². The molecule has 11 heteroatoms. The fourth-order valence-corrected chi connectivity index (χ4v) is 2.54. The van der Waals surface area contributed by atoms with Crippen LogP contribution in [0.5, 0.6) is 17.5 Å². The second-order valence-electron chi connectivity index (χ2n) is 6.36. The zero-order chi connectivity index (χ0) is 20.7. The van der Waals surface area contributed by atoms with Gasteiger partial charge in [0.2, 0.25) is 0 Å². The molecule has 1 fully saturated rings. The van der Waals surface area contributed by atoms with Gasteiger partial charge in [0, 0.05) is 18.3 Å². The summed E-state index contributed by atoms with van der Waals surface area (Å²) in [5.74, 6) is -0.994. The Morgan fingerprint density at radius 3 is 2.46 bits per heavy atom. The highest BCUT2D eigenvalue weighted by Gasteiger charge is 2.45. The van der Waals surface area contributed by atoms with Crippen molar-refractivity contribution in [1.82, 2.24) is 15.3 Å². The zero-order valence-electron chi connectivity index (χ0n) is 15.0. The van der Waals surface area contributed by atoms with Gasteiger partial charge in [-0.15, -0.1) is 0 Å². The first-order valence-electron chi connectivity index (χ1n) is 7.96. The molecule has 3 rings (SSSR count). The summed E-state index contributed by atoms with van der Waals surface area (Å²) < 4.78 is 48.9. The fourth-order valence-electron chi connectivity index (χ4n) is 2.54. The van der Waals surface area contributed by atoms with Gasteiger partial charge in [0.25, 0.3) is 5.91 Å². The lowest BCUT2D eigenvalue weighted by atomic mass is 10.1. The standard InChI is InChI=1S/C17H15F3N4O4/c1-16(2)13(25)24(15(26)23-16)12-6-7-21-14(22-12)28-9-4-5-10(17(18,19)20)11(8-9)27-3/h4-8H,1-3H3,(H,23,26). The van der Waals surface area contributed by atoms with E-state index in [2.05, 4.69) is 15.3 Å². The Morgan fingerprint density at radius 1 is 1.18 bits per heavy atom. The first-order chi connectivity index (χ1) is 13.0. The van der Waals surface area contributed by atoms with Crippen LogP contribution < -0.4 is 19.7 Å². The number of methoxy groups -OCH3 is 1. The number of halogens is 3. The Hall–Kier alpha value is -3.37. The molecule has 0 saturated carbocycles. The van der Waals surface area contributed by atoms with Crippen LogP contribution in [0.25, 0.3) is 0 Å². The first kappa shape index (κ1) is 19.4. The molecule has 0 radical (unpaired) electrons. The number of imide groups is 1. The van der Waals surface area contributed by atoms with Crippen molar-refractivity contribution in [3.05, 3.63) is 36.0 Å². The summed E-state index contributed by atoms with van der Waals surface area (Å²) in [5.41, 5.74) is -2.05. The van der Waals surface area contributed by atoms with Crippen LogP contribution in [0.15, 0.2) is 30.5 Å². The number of carbonyl (C=O) groups is 2. The molecule has 28 heavy (non-hydrogen) atoms. The van der Waals surface area contributed by atoms with Crippen molar-refractivity contribution in [1.29, 1.82) is 0 Å². The monoisotopic (exact) mass is 396 g/mol. The highest BCUT2D eigenvalue weighted by molar-refractivity contribution is 6.22. The minimum Gasteiger partial charge on any atom is -0.496 e. The third-order valence-electron chi connectivity index (χ3n) is 3.90. The summed E-state index contributed by atoms with van der Waals surface area (Å²) in [5, 5.41) is 2.51. The largest absolute Gasteiger partial charge is 0.496 e. The quantitative estimate of drug-likeness (QED) is 0.798. The highest BCUT2D eigenvalue weighted by Crippen LogP contribution is 2.38. The van der Waals surface area contributed by atoms with Gasteiger partial charge in [-0.25, -0.2) is 14.7 Å². The van der Waals surface area contributed by atoms with Crippen molar-refractivity contribution in [2.45, 2.75) is 25.6 Å². The third kappa shape index (κ3) is 3.55. The van der Waals surface area contributed by atoms with Gasteiger partial charge in [-0.1, -0.05) is 0 Å². The van der Waals surface area contributed by atoms with Gasteiger partial charge in [0.15, 0.2) is 5.82 Å². The van der Waals surface area contributed by atoms with Gasteiger partial charge in [0.1, 0.15) is 17.0 Å². The van der Waals surface area contributed by atoms with Crippen molar-refractivity contribution >= 4 is 17.8 Å². The van der Waals surface area contributed by atoms with Gasteiger partial charge < -0.3 is 14.8 Å². The predicted octanol–water partition coefficient (Wildman–Crippen LogP) is 3.13. The van der Waals surface area contributed by atoms with E-state index in [1.807, 2.05) is 0 Å². The summed E-state index contributed by atoms with van der Waals surface area (Å²) in [7, 11) is 1.10. The second-order valence-corrected chi connectivity index (χ2v) is 6.36. The third-order valence-corrected chi connectivity index (χ3v) is 3.90. The van der Waals surface area contributed by atoms with Crippen LogP contribution in [-0.4, -0.2) is 34.6 Å². The molecule has 1 saturated heterocycles. The van der Waals surface area contributed by atoms with E-state index in [9.17, 15) is 22.8 Å². The van der Waals surface area contributed by atoms with Crippen LogP contribution in [0.4, 0.5) is 23.8 Å². The van der Waals surface area contributed by atoms with E-state index in [1.165, 1.54) is 12.3 Å². The maximum absolute atomic E-state index is 12.9. The van der Waals surface area contributed by atoms with Crippen molar-refractivity contribution in [3.8, 4) is 17.5 Å². The molecule has 1 aromatic heterocycles. The predicted molar refractivity (Wildman–Crippen MR) is 90.2 cm³/mol. The number of anilines is 1. The molecule has 1 aromatic carbocycles. The van der Waals surface area contributed by atoms with Gasteiger partial charge in [-0.2, -0.15) is 18.2 Å². The fraction of sp³-hybridized carbons (Fsp3) is 0.294. The first-order valence-corrected chi connectivity index (χ1v) is 7.96. The van der Waals surface area contributed by atoms with E-state index in [1.54, 1.807) is 13.8 Å². The molecule has 0 aliphatic carbocycles. The van der Waals surface area contributed by atoms with Crippen LogP contribution >= 0.6 is 0 Å². The molecule has 1 N–H and O–H groups in total. The number of nitrogens with one attached hydrogen (secondary N) is 1. The Labute approximate surface area is 157 Å². The average Bonchev–Trinajstić information content (AvgIpc) is 2.81. The Balaban J connectivity index is 1.88. The molecular weight excluding hydrogens is 381 g/mol. The van der Waals surface area contributed by atoms with Crippen molar-refractivity contribution in [2.75, 3.05) is 12.0 Å². The smallest absolute Gasteiger partial charge is 0.419 e. The number of nitrogens with zero attached hydrogens (tertiary/aromatic N) is 3. The van der Waals surface area contributed by atoms with Gasteiger partial charge in [-0.3, -0.25) is 4.79 Å². The summed E-state index contributed by atoms with van der Waals surface area (Å²) in [4.78, 5) is 33.1. The minimum absolute atomic E-state index is 0.0143. The van der Waals surface area contributed by atoms with E-state index >= 15 is 0 Å². The van der Waals surface area contributed by atoms with Crippen molar-refractivity contribution < 1.29 is 32.2 Å². The van der Waals surface area contributed by atoms with E-state index in [4.69, 9.17) is 9.47 Å². The summed E-state index contributed by atoms with van der Waals surface area (Å²) >= 11 is 0. The SMILES string of the molecule is COc1cc(Oc2nccc(N3C(=O)NC(C)(C)C3=O)n2)ccc1C(F)(F)F. The second kappa shape index (κ2) is 6.66. The molecule has 1 aliphatic rings. The maximum Gasteiger partial charge on any atom is 0.419 e. The lowest BCUT2D eigenvalue weighted by Crippen LogP contribution is -2.40. The molecular formula is C17H15F3N4O4. The van der Waals surface area contributed by atoms with E-state index in [0.717, 1.165) is 30.2 Å². The molecule has 3 amide bonds. The number of urea groups is 1. The normalized spacial score (nSPS) is 16.1. The number of alkyl halides is 3. The lowest BCUT2D eigenvalue weighted by molar-refractivity contribution is -0.138. The number of amides is 3. The lowest BCUT2D eigenvalue weighted by Gasteiger charge is -2.16. The molecule has 148 valence electrons. The molecule has 8 nitrogen and oxygen atoms in total. The van der Waals surface area contributed by atoms with Crippen LogP contribution in [0.1, 0.15) is 19.4 Å². The van der Waals surface area contributed by atoms with Crippen molar-refractivity contribution in [2.24, 2.45) is 0 Å². The number of carbonyl (C=O) groups excluding carboxylic acids is 2. The minimum atomic E-state index is -4.59. The maximum atomic E-state index is 12.9. The van der Waals surface area contributed by atoms with Crippen molar-refractivity contribution in [3.63, 3.8) is 0 Å². The van der Waals surface area contributed by atoms with Crippen LogP contribution in [0, 0.1) is 0 Å². The Morgan fingerprint density at radius 2 is 1.89 bits per heavy atom. The molecule has 2 aromatic rings. The van der Waals surface area contributed by atoms with Crippen LogP contribution in [0.3, 0.4) is 0 Å². The van der Waals surface area contributed by atoms with E-state index < -0.39 is 35.0 Å². The highest BCUT2D eigenvalue weighted by atomic mass is 19.4. The molecule has 2 heterocycles. The number of hydrogen-bond donors (Lipinski definition) is 1. The molecule has 0 atom stereocenters. The van der Waals surface area contributed by atoms with Crippen LogP contribution in [0.2, 0.25) is 0 Å². The van der Waals surface area contributed by atoms with E-state index in [0.29, 0.717) is 0 Å². The van der Waals surface area contributed by atoms with Gasteiger partial charge in [0.05, 0.1) is 12.7 Å². The van der Waals surface area contributed by atoms with Gasteiger partial charge >= 0.3 is 18.2 Å².